The topological polar surface area (TPSA) is 148 Å². The van der Waals surface area contributed by atoms with Crippen LogP contribution in [0.15, 0.2) is 71.9 Å². The zero-order chi connectivity index (χ0) is 47.2. The Bertz CT molecular complexity index is 1870. The molecule has 2 amide bonds. The third kappa shape index (κ3) is 14.1. The van der Waals surface area contributed by atoms with Gasteiger partial charge in [-0.15, -0.1) is 6.58 Å². The number of hydrogen-bond donors (Lipinski definition) is 3. The van der Waals surface area contributed by atoms with Crippen LogP contribution in [0.2, 0.25) is 0 Å². The van der Waals surface area contributed by atoms with Gasteiger partial charge in [-0.2, -0.15) is 0 Å². The molecule has 1 heterocycles. The Balaban J connectivity index is 1.54. The van der Waals surface area contributed by atoms with E-state index < -0.39 is 23.8 Å². The molecule has 3 N–H and O–H groups in total. The highest BCUT2D eigenvalue weighted by molar-refractivity contribution is 6.03. The second kappa shape index (κ2) is 28.1. The molecule has 5 rings (SSSR count). The average Bonchev–Trinajstić information content (AvgIpc) is 3.32. The Morgan fingerprint density at radius 3 is 2.30 bits per heavy atom. The van der Waals surface area contributed by atoms with Gasteiger partial charge in [0.15, 0.2) is 0 Å². The van der Waals surface area contributed by atoms with Crippen LogP contribution < -0.4 is 19.5 Å². The van der Waals surface area contributed by atoms with Gasteiger partial charge in [-0.25, -0.2) is 4.79 Å². The van der Waals surface area contributed by atoms with Crippen LogP contribution in [0.5, 0.6) is 17.2 Å². The first kappa shape index (κ1) is 52.6. The van der Waals surface area contributed by atoms with Crippen LogP contribution in [0.3, 0.4) is 0 Å². The maximum atomic E-state index is 14.9. The SMILES string of the molecule is C=CCOC12Oc3ccc(OC(=O)NCCCCCCCCCCCC)cc3C3C(CCCCO)C(CCCCO)C=C(C(=NOCC)CC1N(CCC)C(=O)Cc1cccc(OC)c1)C32. The number of nitrogens with one attached hydrogen (secondary N) is 1. The molecule has 6 unspecified atom stereocenters. The summed E-state index contributed by atoms with van der Waals surface area (Å²) in [6, 6.07) is 12.6. The lowest BCUT2D eigenvalue weighted by Crippen LogP contribution is -2.70. The minimum atomic E-state index is -1.37. The number of rotatable bonds is 31. The summed E-state index contributed by atoms with van der Waals surface area (Å²) in [6.45, 7) is 12.0. The van der Waals surface area contributed by atoms with E-state index in [1.807, 2.05) is 48.2 Å². The van der Waals surface area contributed by atoms with Gasteiger partial charge in [-0.1, -0.05) is 114 Å². The van der Waals surface area contributed by atoms with Crippen LogP contribution in [0.25, 0.3) is 0 Å². The van der Waals surface area contributed by atoms with Gasteiger partial charge >= 0.3 is 6.09 Å². The summed E-state index contributed by atoms with van der Waals surface area (Å²) >= 11 is 0. The van der Waals surface area contributed by atoms with Gasteiger partial charge in [-0.05, 0) is 98.8 Å². The Morgan fingerprint density at radius 1 is 0.894 bits per heavy atom. The third-order valence-corrected chi connectivity index (χ3v) is 13.6. The van der Waals surface area contributed by atoms with Crippen molar-refractivity contribution in [3.8, 4) is 17.2 Å². The van der Waals surface area contributed by atoms with Gasteiger partial charge in [0.2, 0.25) is 11.7 Å². The summed E-state index contributed by atoms with van der Waals surface area (Å²) in [7, 11) is 1.62. The maximum Gasteiger partial charge on any atom is 0.412 e. The van der Waals surface area contributed by atoms with E-state index in [1.165, 1.54) is 44.9 Å². The van der Waals surface area contributed by atoms with Crippen LogP contribution in [0.1, 0.15) is 153 Å². The second-order valence-corrected chi connectivity index (χ2v) is 18.3. The highest BCUT2D eigenvalue weighted by Crippen LogP contribution is 2.62. The fourth-order valence-corrected chi connectivity index (χ4v) is 10.6. The minimum Gasteiger partial charge on any atom is -0.497 e. The average molecular weight is 916 g/mol. The van der Waals surface area contributed by atoms with Crippen molar-refractivity contribution in [1.29, 1.82) is 0 Å². The van der Waals surface area contributed by atoms with Crippen molar-refractivity contribution >= 4 is 17.7 Å². The van der Waals surface area contributed by atoms with Crippen molar-refractivity contribution < 1.29 is 43.6 Å². The number of allylic oxidation sites excluding steroid dienone is 1. The van der Waals surface area contributed by atoms with Crippen LogP contribution in [0, 0.1) is 17.8 Å². The number of carbonyl (C=O) groups is 2. The van der Waals surface area contributed by atoms with E-state index in [9.17, 15) is 19.8 Å². The van der Waals surface area contributed by atoms with Crippen molar-refractivity contribution in [2.45, 2.75) is 161 Å². The zero-order valence-electron chi connectivity index (χ0n) is 40.6. The summed E-state index contributed by atoms with van der Waals surface area (Å²) in [5.41, 5.74) is 3.44. The van der Waals surface area contributed by atoms with Crippen molar-refractivity contribution in [3.63, 3.8) is 0 Å². The molecule has 66 heavy (non-hydrogen) atoms. The molecule has 1 saturated carbocycles. The van der Waals surface area contributed by atoms with Crippen molar-refractivity contribution in [2.24, 2.45) is 22.9 Å². The van der Waals surface area contributed by atoms with Crippen LogP contribution in [-0.2, 0) is 20.8 Å². The first-order chi connectivity index (χ1) is 32.3. The van der Waals surface area contributed by atoms with E-state index in [2.05, 4.69) is 31.8 Å². The first-order valence-corrected chi connectivity index (χ1v) is 25.4. The molecule has 2 aromatic rings. The predicted molar refractivity (Wildman–Crippen MR) is 261 cm³/mol. The molecule has 2 aromatic carbocycles. The van der Waals surface area contributed by atoms with Gasteiger partial charge in [0.25, 0.3) is 0 Å². The number of carbonyl (C=O) groups excluding carboxylic acids is 2. The van der Waals surface area contributed by atoms with Gasteiger partial charge in [0.05, 0.1) is 31.8 Å². The fraction of sp³-hybridized carbons (Fsp3) is 0.648. The number of benzene rings is 2. The molecule has 2 aliphatic carbocycles. The van der Waals surface area contributed by atoms with Gasteiger partial charge < -0.3 is 44.2 Å². The number of aliphatic hydroxyl groups excluding tert-OH is 2. The number of aliphatic hydroxyl groups is 2. The number of hydrogen-bond acceptors (Lipinski definition) is 10. The third-order valence-electron chi connectivity index (χ3n) is 13.6. The molecule has 12 nitrogen and oxygen atoms in total. The van der Waals surface area contributed by atoms with Gasteiger partial charge in [0, 0.05) is 44.2 Å². The molecule has 0 spiro atoms. The highest BCUT2D eigenvalue weighted by Gasteiger charge is 2.65. The Kier molecular flexibility index (Phi) is 22.4. The predicted octanol–water partition coefficient (Wildman–Crippen LogP) is 10.8. The van der Waals surface area contributed by atoms with E-state index in [1.54, 1.807) is 19.3 Å². The molecule has 0 radical (unpaired) electrons. The molecular formula is C54H81N3O9. The van der Waals surface area contributed by atoms with Crippen LogP contribution in [-0.4, -0.2) is 91.3 Å². The molecular weight excluding hydrogens is 835 g/mol. The fourth-order valence-electron chi connectivity index (χ4n) is 10.6. The lowest BCUT2D eigenvalue weighted by molar-refractivity contribution is -0.257. The van der Waals surface area contributed by atoms with E-state index in [0.29, 0.717) is 62.6 Å². The van der Waals surface area contributed by atoms with Crippen molar-refractivity contribution in [3.05, 3.63) is 77.9 Å². The van der Waals surface area contributed by atoms with Crippen LogP contribution >= 0.6 is 0 Å². The largest absolute Gasteiger partial charge is 0.497 e. The molecule has 3 aliphatic rings. The zero-order valence-corrected chi connectivity index (χ0v) is 40.6. The molecule has 0 bridgehead atoms. The summed E-state index contributed by atoms with van der Waals surface area (Å²) < 4.78 is 26.0. The van der Waals surface area contributed by atoms with E-state index in [-0.39, 0.29) is 49.9 Å². The number of oxime groups is 1. The maximum absolute atomic E-state index is 14.9. The Morgan fingerprint density at radius 2 is 1.62 bits per heavy atom. The van der Waals surface area contributed by atoms with Gasteiger partial charge in [0.1, 0.15) is 29.9 Å². The van der Waals surface area contributed by atoms with E-state index in [0.717, 1.165) is 67.4 Å². The minimum absolute atomic E-state index is 0.0398. The smallest absolute Gasteiger partial charge is 0.412 e. The second-order valence-electron chi connectivity index (χ2n) is 18.3. The summed E-state index contributed by atoms with van der Waals surface area (Å²) in [5.74, 6) is -0.324. The quantitative estimate of drug-likeness (QED) is 0.0382. The first-order valence-electron chi connectivity index (χ1n) is 25.4. The Hall–Kier alpha value is -4.39. The van der Waals surface area contributed by atoms with E-state index >= 15 is 0 Å². The number of unbranched alkanes of at least 4 members (excludes halogenated alkanes) is 11. The number of methoxy groups -OCH3 is 1. The number of nitrogens with zero attached hydrogens (tertiary/aromatic N) is 2. The lowest BCUT2D eigenvalue weighted by atomic mass is 9.55. The van der Waals surface area contributed by atoms with Gasteiger partial charge in [-0.3, -0.25) is 4.79 Å². The van der Waals surface area contributed by atoms with Crippen LogP contribution in [0.4, 0.5) is 4.79 Å². The number of fused-ring (bicyclic) bond motifs is 2. The monoisotopic (exact) mass is 916 g/mol. The summed E-state index contributed by atoms with van der Waals surface area (Å²) in [6.07, 6.45) is 21.5. The van der Waals surface area contributed by atoms with Crippen molar-refractivity contribution in [2.75, 3.05) is 46.6 Å². The molecule has 1 fully saturated rings. The molecule has 1 aliphatic heterocycles. The normalized spacial score (nSPS) is 22.4. The highest BCUT2D eigenvalue weighted by atomic mass is 16.7. The molecule has 366 valence electrons. The molecule has 12 heteroatoms. The molecule has 6 atom stereocenters. The number of ether oxygens (including phenoxy) is 4. The standard InChI is InChI=1S/C54H81N3O9/c1-6-10-11-12-13-14-15-16-17-20-30-55-53(61)65-43-28-29-48-46(38-43)51-44(27-19-22-33-59)41(25-18-21-32-58)37-45-47(56-64-9-4)39-49(54(66-48,52(45)51)63-34-8-3)57(31-7-2)50(60)36-40-24-23-26-42(35-40)62-5/h8,23-24,26,28-29,35,37-38,41,44,49,51-52,58-59H,3,6-7,9-22,25,27,30-34,36,39H2,1-2,4-5H3,(H,55,61). The summed E-state index contributed by atoms with van der Waals surface area (Å²) in [5, 5.41) is 27.7. The lowest BCUT2D eigenvalue weighted by Gasteiger charge is -2.60. The van der Waals surface area contributed by atoms with Crippen molar-refractivity contribution in [1.82, 2.24) is 10.2 Å². The van der Waals surface area contributed by atoms with E-state index in [4.69, 9.17) is 28.9 Å². The molecule has 0 saturated heterocycles. The number of amides is 2. The Labute approximate surface area is 395 Å². The summed E-state index contributed by atoms with van der Waals surface area (Å²) in [4.78, 5) is 36.0. The molecule has 0 aromatic heterocycles.